The SMILES string of the molecule is CC1CSCCN1C(=O)c1csc(C#CCN)c1. The minimum Gasteiger partial charge on any atom is -0.334 e. The largest absolute Gasteiger partial charge is 0.334 e. The Morgan fingerprint density at radius 3 is 3.22 bits per heavy atom. The van der Waals surface area contributed by atoms with E-state index in [1.165, 1.54) is 11.3 Å². The molecule has 1 saturated heterocycles. The minimum absolute atomic E-state index is 0.125. The molecular weight excluding hydrogens is 264 g/mol. The molecule has 0 spiro atoms. The molecule has 5 heteroatoms. The van der Waals surface area contributed by atoms with E-state index >= 15 is 0 Å². The van der Waals surface area contributed by atoms with Crippen LogP contribution in [0.2, 0.25) is 0 Å². The number of thiophene rings is 1. The number of carbonyl (C=O) groups is 1. The highest BCUT2D eigenvalue weighted by molar-refractivity contribution is 7.99. The topological polar surface area (TPSA) is 46.3 Å². The van der Waals surface area contributed by atoms with Crippen molar-refractivity contribution in [2.75, 3.05) is 24.6 Å². The lowest BCUT2D eigenvalue weighted by molar-refractivity contribution is 0.0716. The summed E-state index contributed by atoms with van der Waals surface area (Å²) in [6, 6.07) is 2.18. The highest BCUT2D eigenvalue weighted by Crippen LogP contribution is 2.21. The van der Waals surface area contributed by atoms with Crippen LogP contribution in [0.4, 0.5) is 0 Å². The molecule has 0 bridgehead atoms. The van der Waals surface area contributed by atoms with Gasteiger partial charge >= 0.3 is 0 Å². The van der Waals surface area contributed by atoms with Crippen LogP contribution in [0.1, 0.15) is 22.2 Å². The predicted molar refractivity (Wildman–Crippen MR) is 78.1 cm³/mol. The quantitative estimate of drug-likeness (QED) is 0.796. The van der Waals surface area contributed by atoms with Crippen LogP contribution in [0.3, 0.4) is 0 Å². The number of nitrogens with zero attached hydrogens (tertiary/aromatic N) is 1. The van der Waals surface area contributed by atoms with E-state index in [9.17, 15) is 4.79 Å². The molecule has 1 aromatic heterocycles. The molecule has 0 radical (unpaired) electrons. The van der Waals surface area contributed by atoms with Crippen LogP contribution >= 0.6 is 23.1 Å². The van der Waals surface area contributed by atoms with Gasteiger partial charge in [-0.15, -0.1) is 11.3 Å². The Morgan fingerprint density at radius 2 is 2.50 bits per heavy atom. The second kappa shape index (κ2) is 6.28. The zero-order chi connectivity index (χ0) is 13.0. The Bertz CT molecular complexity index is 487. The first-order valence-electron chi connectivity index (χ1n) is 5.88. The first-order chi connectivity index (χ1) is 8.72. The first-order valence-corrected chi connectivity index (χ1v) is 7.92. The Kier molecular flexibility index (Phi) is 4.70. The summed E-state index contributed by atoms with van der Waals surface area (Å²) in [5.74, 6) is 7.94. The van der Waals surface area contributed by atoms with Gasteiger partial charge in [-0.3, -0.25) is 4.79 Å². The summed E-state index contributed by atoms with van der Waals surface area (Å²) in [5.41, 5.74) is 6.08. The number of amides is 1. The monoisotopic (exact) mass is 280 g/mol. The minimum atomic E-state index is 0.125. The van der Waals surface area contributed by atoms with Gasteiger partial charge in [0.2, 0.25) is 0 Å². The van der Waals surface area contributed by atoms with Crippen LogP contribution in [-0.4, -0.2) is 41.4 Å². The summed E-state index contributed by atoms with van der Waals surface area (Å²) < 4.78 is 0. The van der Waals surface area contributed by atoms with E-state index in [4.69, 9.17) is 5.73 Å². The highest BCUT2D eigenvalue weighted by atomic mass is 32.2. The Labute approximate surface area is 116 Å². The summed E-state index contributed by atoms with van der Waals surface area (Å²) in [6.07, 6.45) is 0. The van der Waals surface area contributed by atoms with E-state index in [-0.39, 0.29) is 5.91 Å². The summed E-state index contributed by atoms with van der Waals surface area (Å²) in [7, 11) is 0. The van der Waals surface area contributed by atoms with Gasteiger partial charge in [0.25, 0.3) is 5.91 Å². The molecule has 1 aliphatic rings. The lowest BCUT2D eigenvalue weighted by atomic mass is 10.2. The van der Waals surface area contributed by atoms with Crippen molar-refractivity contribution < 1.29 is 4.79 Å². The lowest BCUT2D eigenvalue weighted by Gasteiger charge is -2.32. The molecule has 2 N–H and O–H groups in total. The van der Waals surface area contributed by atoms with E-state index < -0.39 is 0 Å². The molecule has 1 unspecified atom stereocenters. The number of nitrogens with two attached hydrogens (primary N) is 1. The summed E-state index contributed by atoms with van der Waals surface area (Å²) >= 11 is 3.41. The van der Waals surface area contributed by atoms with Crippen molar-refractivity contribution in [1.29, 1.82) is 0 Å². The Balaban J connectivity index is 2.10. The van der Waals surface area contributed by atoms with Crippen LogP contribution in [0, 0.1) is 11.8 Å². The number of thioether (sulfide) groups is 1. The zero-order valence-electron chi connectivity index (χ0n) is 10.3. The molecule has 96 valence electrons. The first kappa shape index (κ1) is 13.5. The van der Waals surface area contributed by atoms with Crippen molar-refractivity contribution in [2.24, 2.45) is 5.73 Å². The van der Waals surface area contributed by atoms with Gasteiger partial charge in [-0.05, 0) is 13.0 Å². The average Bonchev–Trinajstić information content (AvgIpc) is 2.85. The summed E-state index contributed by atoms with van der Waals surface area (Å²) in [6.45, 7) is 3.29. The molecule has 3 nitrogen and oxygen atoms in total. The van der Waals surface area contributed by atoms with Crippen LogP contribution in [0.5, 0.6) is 0 Å². The summed E-state index contributed by atoms with van der Waals surface area (Å²) in [5, 5.41) is 1.89. The Hall–Kier alpha value is -0.960. The lowest BCUT2D eigenvalue weighted by Crippen LogP contribution is -2.44. The van der Waals surface area contributed by atoms with E-state index in [1.54, 1.807) is 0 Å². The van der Waals surface area contributed by atoms with Gasteiger partial charge in [0.15, 0.2) is 0 Å². The predicted octanol–water partition coefficient (Wildman–Crippen LogP) is 1.64. The highest BCUT2D eigenvalue weighted by Gasteiger charge is 2.24. The van der Waals surface area contributed by atoms with E-state index in [1.807, 2.05) is 28.1 Å². The number of carbonyl (C=O) groups excluding carboxylic acids is 1. The fourth-order valence-corrected chi connectivity index (χ4v) is 3.61. The average molecular weight is 280 g/mol. The normalized spacial score (nSPS) is 19.2. The maximum atomic E-state index is 12.3. The van der Waals surface area contributed by atoms with E-state index in [0.717, 1.165) is 28.5 Å². The van der Waals surface area contributed by atoms with E-state index in [2.05, 4.69) is 18.8 Å². The third kappa shape index (κ3) is 3.08. The molecule has 0 aliphatic carbocycles. The molecule has 0 aromatic carbocycles. The fourth-order valence-electron chi connectivity index (χ4n) is 1.85. The van der Waals surface area contributed by atoms with E-state index in [0.29, 0.717) is 12.6 Å². The van der Waals surface area contributed by atoms with Gasteiger partial charge in [-0.2, -0.15) is 11.8 Å². The third-order valence-electron chi connectivity index (χ3n) is 2.79. The van der Waals surface area contributed by atoms with Crippen LogP contribution in [0.15, 0.2) is 11.4 Å². The van der Waals surface area contributed by atoms with Crippen molar-refractivity contribution in [2.45, 2.75) is 13.0 Å². The van der Waals surface area contributed by atoms with Crippen LogP contribution in [-0.2, 0) is 0 Å². The van der Waals surface area contributed by atoms with Crippen LogP contribution < -0.4 is 5.73 Å². The molecule has 1 aromatic rings. The zero-order valence-corrected chi connectivity index (χ0v) is 11.9. The van der Waals surface area contributed by atoms with Crippen molar-refractivity contribution in [1.82, 2.24) is 4.90 Å². The second-order valence-electron chi connectivity index (χ2n) is 4.13. The Morgan fingerprint density at radius 1 is 1.67 bits per heavy atom. The molecule has 1 amide bonds. The van der Waals surface area contributed by atoms with Gasteiger partial charge in [0, 0.05) is 29.5 Å². The molecule has 1 atom stereocenters. The van der Waals surface area contributed by atoms with Crippen molar-refractivity contribution >= 4 is 29.0 Å². The molecule has 1 fully saturated rings. The molecule has 1 aliphatic heterocycles. The number of hydrogen-bond acceptors (Lipinski definition) is 4. The smallest absolute Gasteiger partial charge is 0.255 e. The summed E-state index contributed by atoms with van der Waals surface area (Å²) in [4.78, 5) is 15.2. The fraction of sp³-hybridized carbons (Fsp3) is 0.462. The molecular formula is C13H16N2OS2. The number of hydrogen-bond donors (Lipinski definition) is 1. The molecule has 0 saturated carbocycles. The second-order valence-corrected chi connectivity index (χ2v) is 6.19. The van der Waals surface area contributed by atoms with Crippen molar-refractivity contribution in [3.63, 3.8) is 0 Å². The molecule has 2 rings (SSSR count). The standard InChI is InChI=1S/C13H16N2OS2/c1-10-8-17-6-5-15(10)13(16)11-7-12(18-9-11)3-2-4-14/h7,9-10H,4-6,8,14H2,1H3. The van der Waals surface area contributed by atoms with Gasteiger partial charge in [-0.1, -0.05) is 11.8 Å². The molecule has 2 heterocycles. The number of rotatable bonds is 1. The third-order valence-corrected chi connectivity index (χ3v) is 4.82. The van der Waals surface area contributed by atoms with Gasteiger partial charge in [0.1, 0.15) is 0 Å². The van der Waals surface area contributed by atoms with Gasteiger partial charge < -0.3 is 10.6 Å². The maximum absolute atomic E-state index is 12.3. The van der Waals surface area contributed by atoms with Gasteiger partial charge in [0.05, 0.1) is 17.0 Å². The van der Waals surface area contributed by atoms with Crippen molar-refractivity contribution in [3.8, 4) is 11.8 Å². The maximum Gasteiger partial charge on any atom is 0.255 e. The van der Waals surface area contributed by atoms with Crippen LogP contribution in [0.25, 0.3) is 0 Å². The molecule has 18 heavy (non-hydrogen) atoms. The van der Waals surface area contributed by atoms with Gasteiger partial charge in [-0.25, -0.2) is 0 Å². The van der Waals surface area contributed by atoms with Crippen molar-refractivity contribution in [3.05, 3.63) is 21.9 Å².